The largest absolute Gasteiger partial charge is 0.383 e. The standard InChI is InChI=1S/C16H22N2OS/c1-13-18-12-16(20-13)10-15(11-17-8-9-19-2)14-6-4-3-5-7-14/h3-7,12,15,17H,8-11H2,1-2H3. The Kier molecular flexibility index (Phi) is 6.18. The first-order valence-electron chi connectivity index (χ1n) is 6.95. The van der Waals surface area contributed by atoms with Crippen LogP contribution in [0.25, 0.3) is 0 Å². The normalized spacial score (nSPS) is 12.5. The van der Waals surface area contributed by atoms with Gasteiger partial charge in [0.2, 0.25) is 0 Å². The van der Waals surface area contributed by atoms with Crippen molar-refractivity contribution in [2.24, 2.45) is 0 Å². The Hall–Kier alpha value is -1.23. The van der Waals surface area contributed by atoms with Gasteiger partial charge in [0.15, 0.2) is 0 Å². The summed E-state index contributed by atoms with van der Waals surface area (Å²) in [5.41, 5.74) is 1.38. The molecule has 108 valence electrons. The Bertz CT molecular complexity index is 498. The second-order valence-corrected chi connectivity index (χ2v) is 6.17. The quantitative estimate of drug-likeness (QED) is 0.759. The molecule has 3 nitrogen and oxygen atoms in total. The number of aryl methyl sites for hydroxylation is 1. The molecule has 0 aliphatic carbocycles. The lowest BCUT2D eigenvalue weighted by Gasteiger charge is -2.17. The van der Waals surface area contributed by atoms with Crippen LogP contribution in [-0.4, -0.2) is 31.8 Å². The third kappa shape index (κ3) is 4.71. The summed E-state index contributed by atoms with van der Waals surface area (Å²) in [5.74, 6) is 0.480. The van der Waals surface area contributed by atoms with Gasteiger partial charge in [-0.3, -0.25) is 0 Å². The summed E-state index contributed by atoms with van der Waals surface area (Å²) < 4.78 is 5.08. The van der Waals surface area contributed by atoms with E-state index >= 15 is 0 Å². The van der Waals surface area contributed by atoms with Crippen molar-refractivity contribution in [1.29, 1.82) is 0 Å². The van der Waals surface area contributed by atoms with Crippen molar-refractivity contribution in [2.45, 2.75) is 19.3 Å². The van der Waals surface area contributed by atoms with Crippen molar-refractivity contribution in [3.63, 3.8) is 0 Å². The van der Waals surface area contributed by atoms with E-state index in [2.05, 4.69) is 47.6 Å². The van der Waals surface area contributed by atoms with E-state index in [0.29, 0.717) is 5.92 Å². The van der Waals surface area contributed by atoms with Crippen molar-refractivity contribution in [1.82, 2.24) is 10.3 Å². The highest BCUT2D eigenvalue weighted by atomic mass is 32.1. The summed E-state index contributed by atoms with van der Waals surface area (Å²) in [6.07, 6.45) is 3.04. The zero-order valence-electron chi connectivity index (χ0n) is 12.1. The maximum Gasteiger partial charge on any atom is 0.0896 e. The minimum atomic E-state index is 0.480. The number of hydrogen-bond donors (Lipinski definition) is 1. The molecule has 0 saturated carbocycles. The van der Waals surface area contributed by atoms with E-state index in [4.69, 9.17) is 4.74 Å². The average Bonchev–Trinajstić information content (AvgIpc) is 2.88. The predicted octanol–water partition coefficient (Wildman–Crippen LogP) is 3.01. The molecule has 4 heteroatoms. The first kappa shape index (κ1) is 15.2. The Morgan fingerprint density at radius 2 is 2.10 bits per heavy atom. The Morgan fingerprint density at radius 1 is 1.30 bits per heavy atom. The van der Waals surface area contributed by atoms with E-state index in [9.17, 15) is 0 Å². The van der Waals surface area contributed by atoms with E-state index in [1.807, 2.05) is 6.20 Å². The second kappa shape index (κ2) is 8.15. The summed E-state index contributed by atoms with van der Waals surface area (Å²) in [5, 5.41) is 4.61. The van der Waals surface area contributed by atoms with E-state index in [1.165, 1.54) is 10.4 Å². The van der Waals surface area contributed by atoms with Crippen molar-refractivity contribution >= 4 is 11.3 Å². The number of aromatic nitrogens is 1. The highest BCUT2D eigenvalue weighted by Crippen LogP contribution is 2.23. The Morgan fingerprint density at radius 3 is 2.75 bits per heavy atom. The maximum absolute atomic E-state index is 5.08. The highest BCUT2D eigenvalue weighted by Gasteiger charge is 2.13. The molecule has 0 aliphatic heterocycles. The number of hydrogen-bond acceptors (Lipinski definition) is 4. The minimum absolute atomic E-state index is 0.480. The molecule has 0 aliphatic rings. The van der Waals surface area contributed by atoms with Gasteiger partial charge in [0.25, 0.3) is 0 Å². The Labute approximate surface area is 125 Å². The van der Waals surface area contributed by atoms with Crippen molar-refractivity contribution in [2.75, 3.05) is 26.8 Å². The molecule has 20 heavy (non-hydrogen) atoms. The fourth-order valence-electron chi connectivity index (χ4n) is 2.23. The lowest BCUT2D eigenvalue weighted by Crippen LogP contribution is -2.26. The molecule has 1 atom stereocenters. The molecule has 1 aromatic heterocycles. The van der Waals surface area contributed by atoms with E-state index in [-0.39, 0.29) is 0 Å². The molecule has 1 N–H and O–H groups in total. The number of ether oxygens (including phenoxy) is 1. The predicted molar refractivity (Wildman–Crippen MR) is 84.5 cm³/mol. The van der Waals surface area contributed by atoms with Crippen LogP contribution in [-0.2, 0) is 11.2 Å². The van der Waals surface area contributed by atoms with Gasteiger partial charge in [-0.25, -0.2) is 4.98 Å². The zero-order valence-corrected chi connectivity index (χ0v) is 13.0. The van der Waals surface area contributed by atoms with Crippen LogP contribution in [0.4, 0.5) is 0 Å². The third-order valence-corrected chi connectivity index (χ3v) is 4.20. The van der Waals surface area contributed by atoms with Gasteiger partial charge in [-0.1, -0.05) is 30.3 Å². The van der Waals surface area contributed by atoms with Gasteiger partial charge < -0.3 is 10.1 Å². The Balaban J connectivity index is 2.00. The fraction of sp³-hybridized carbons (Fsp3) is 0.438. The number of benzene rings is 1. The van der Waals surface area contributed by atoms with Crippen LogP contribution in [0.3, 0.4) is 0 Å². The summed E-state index contributed by atoms with van der Waals surface area (Å²) in [6.45, 7) is 4.66. The zero-order chi connectivity index (χ0) is 14.2. The fourth-order valence-corrected chi connectivity index (χ4v) is 3.10. The van der Waals surface area contributed by atoms with Crippen LogP contribution >= 0.6 is 11.3 Å². The molecule has 0 radical (unpaired) electrons. The number of nitrogens with zero attached hydrogens (tertiary/aromatic N) is 1. The van der Waals surface area contributed by atoms with Crippen LogP contribution in [0.1, 0.15) is 21.4 Å². The lowest BCUT2D eigenvalue weighted by molar-refractivity contribution is 0.199. The molecule has 1 aromatic carbocycles. The van der Waals surface area contributed by atoms with Crippen LogP contribution < -0.4 is 5.32 Å². The van der Waals surface area contributed by atoms with Crippen LogP contribution in [0.5, 0.6) is 0 Å². The minimum Gasteiger partial charge on any atom is -0.383 e. The summed E-state index contributed by atoms with van der Waals surface area (Å²) >= 11 is 1.79. The average molecular weight is 290 g/mol. The first-order valence-corrected chi connectivity index (χ1v) is 7.77. The van der Waals surface area contributed by atoms with Gasteiger partial charge in [0.1, 0.15) is 0 Å². The van der Waals surface area contributed by atoms with Gasteiger partial charge in [-0.2, -0.15) is 0 Å². The van der Waals surface area contributed by atoms with Crippen LogP contribution in [0.2, 0.25) is 0 Å². The summed E-state index contributed by atoms with van der Waals surface area (Å²) in [4.78, 5) is 5.70. The molecule has 1 unspecified atom stereocenters. The molecule has 0 spiro atoms. The molecule has 0 saturated heterocycles. The third-order valence-electron chi connectivity index (χ3n) is 3.26. The smallest absolute Gasteiger partial charge is 0.0896 e. The van der Waals surface area contributed by atoms with Crippen molar-refractivity contribution < 1.29 is 4.74 Å². The monoisotopic (exact) mass is 290 g/mol. The van der Waals surface area contributed by atoms with Gasteiger partial charge in [0.05, 0.1) is 11.6 Å². The summed E-state index contributed by atoms with van der Waals surface area (Å²) in [6, 6.07) is 10.7. The lowest BCUT2D eigenvalue weighted by atomic mass is 9.95. The van der Waals surface area contributed by atoms with Crippen molar-refractivity contribution in [3.05, 3.63) is 52.0 Å². The molecular weight excluding hydrogens is 268 g/mol. The topological polar surface area (TPSA) is 34.1 Å². The maximum atomic E-state index is 5.08. The first-order chi connectivity index (χ1) is 9.79. The SMILES string of the molecule is COCCNCC(Cc1cnc(C)s1)c1ccccc1. The molecule has 0 amide bonds. The van der Waals surface area contributed by atoms with E-state index in [1.54, 1.807) is 18.4 Å². The van der Waals surface area contributed by atoms with Gasteiger partial charge >= 0.3 is 0 Å². The molecular formula is C16H22N2OS. The molecule has 2 aromatic rings. The number of rotatable bonds is 8. The molecule has 0 fully saturated rings. The van der Waals surface area contributed by atoms with Gasteiger partial charge in [-0.15, -0.1) is 11.3 Å². The second-order valence-electron chi connectivity index (χ2n) is 4.85. The van der Waals surface area contributed by atoms with Gasteiger partial charge in [-0.05, 0) is 18.9 Å². The van der Waals surface area contributed by atoms with Crippen LogP contribution in [0.15, 0.2) is 36.5 Å². The van der Waals surface area contributed by atoms with E-state index in [0.717, 1.165) is 31.1 Å². The summed E-state index contributed by atoms with van der Waals surface area (Å²) in [7, 11) is 1.73. The number of thiazole rings is 1. The number of methoxy groups -OCH3 is 1. The molecule has 1 heterocycles. The molecule has 0 bridgehead atoms. The van der Waals surface area contributed by atoms with Gasteiger partial charge in [0, 0.05) is 37.2 Å². The number of nitrogens with one attached hydrogen (secondary N) is 1. The highest BCUT2D eigenvalue weighted by molar-refractivity contribution is 7.11. The molecule has 2 rings (SSSR count). The van der Waals surface area contributed by atoms with Crippen LogP contribution in [0, 0.1) is 6.92 Å². The van der Waals surface area contributed by atoms with E-state index < -0.39 is 0 Å². The van der Waals surface area contributed by atoms with Crippen molar-refractivity contribution in [3.8, 4) is 0 Å².